The molecule has 8 nitrogen and oxygen atoms in total. The van der Waals surface area contributed by atoms with Gasteiger partial charge in [-0.2, -0.15) is 0 Å². The van der Waals surface area contributed by atoms with Crippen molar-refractivity contribution >= 4 is 17.3 Å². The fraction of sp³-hybridized carbons (Fsp3) is 0.278. The largest absolute Gasteiger partial charge is 0.454 e. The zero-order valence-electron chi connectivity index (χ0n) is 14.0. The zero-order valence-corrected chi connectivity index (χ0v) is 14.0. The van der Waals surface area contributed by atoms with Crippen molar-refractivity contribution in [2.75, 3.05) is 37.9 Å². The third-order valence-electron chi connectivity index (χ3n) is 4.62. The van der Waals surface area contributed by atoms with E-state index in [0.717, 1.165) is 17.2 Å². The van der Waals surface area contributed by atoms with Crippen molar-refractivity contribution in [1.82, 2.24) is 4.90 Å². The molecule has 26 heavy (non-hydrogen) atoms. The van der Waals surface area contributed by atoms with E-state index in [2.05, 4.69) is 4.90 Å². The number of para-hydroxylation sites is 1. The summed E-state index contributed by atoms with van der Waals surface area (Å²) >= 11 is 0. The van der Waals surface area contributed by atoms with Gasteiger partial charge in [0.05, 0.1) is 4.92 Å². The lowest BCUT2D eigenvalue weighted by atomic mass is 10.1. The van der Waals surface area contributed by atoms with Crippen LogP contribution < -0.4 is 14.4 Å². The van der Waals surface area contributed by atoms with Crippen LogP contribution in [0.2, 0.25) is 0 Å². The molecule has 2 aliphatic rings. The van der Waals surface area contributed by atoms with Gasteiger partial charge in [0.25, 0.3) is 11.6 Å². The molecule has 2 aromatic carbocycles. The smallest absolute Gasteiger partial charge is 0.282 e. The number of carbonyl (C=O) groups is 1. The van der Waals surface area contributed by atoms with E-state index in [4.69, 9.17) is 9.47 Å². The molecule has 0 atom stereocenters. The number of fused-ring (bicyclic) bond motifs is 1. The minimum absolute atomic E-state index is 0.133. The van der Waals surface area contributed by atoms with Crippen LogP contribution in [0.5, 0.6) is 11.5 Å². The lowest BCUT2D eigenvalue weighted by Crippen LogP contribution is -2.48. The van der Waals surface area contributed by atoms with E-state index in [1.165, 1.54) is 12.1 Å². The standard InChI is InChI=1S/C18H17N3O5/c22-18(14-3-1-2-4-15(14)21(23)24)20-9-7-19(8-10-20)13-5-6-16-17(11-13)26-12-25-16/h1-6,11H,7-10,12H2. The number of anilines is 1. The van der Waals surface area contributed by atoms with Gasteiger partial charge in [-0.15, -0.1) is 0 Å². The molecule has 0 N–H and O–H groups in total. The number of ether oxygens (including phenoxy) is 2. The second kappa shape index (κ2) is 6.55. The Balaban J connectivity index is 1.45. The Morgan fingerprint density at radius 1 is 1.00 bits per heavy atom. The molecule has 0 spiro atoms. The number of rotatable bonds is 3. The van der Waals surface area contributed by atoms with Crippen LogP contribution in [0.3, 0.4) is 0 Å². The first-order chi connectivity index (χ1) is 12.6. The predicted molar refractivity (Wildman–Crippen MR) is 93.8 cm³/mol. The number of carbonyl (C=O) groups excluding carboxylic acids is 1. The van der Waals surface area contributed by atoms with Crippen molar-refractivity contribution in [3.63, 3.8) is 0 Å². The zero-order chi connectivity index (χ0) is 18.1. The Labute approximate surface area is 149 Å². The van der Waals surface area contributed by atoms with Gasteiger partial charge in [0.1, 0.15) is 5.56 Å². The van der Waals surface area contributed by atoms with Crippen LogP contribution in [-0.4, -0.2) is 48.7 Å². The van der Waals surface area contributed by atoms with Gasteiger partial charge in [0.15, 0.2) is 11.5 Å². The van der Waals surface area contributed by atoms with Gasteiger partial charge in [-0.05, 0) is 18.2 Å². The van der Waals surface area contributed by atoms with Gasteiger partial charge in [-0.3, -0.25) is 14.9 Å². The Bertz CT molecular complexity index is 862. The van der Waals surface area contributed by atoms with Gasteiger partial charge in [-0.25, -0.2) is 0 Å². The Kier molecular flexibility index (Phi) is 4.08. The van der Waals surface area contributed by atoms with E-state index in [1.54, 1.807) is 17.0 Å². The van der Waals surface area contributed by atoms with Gasteiger partial charge < -0.3 is 19.3 Å². The number of benzene rings is 2. The average Bonchev–Trinajstić information content (AvgIpc) is 3.15. The molecule has 1 saturated heterocycles. The lowest BCUT2D eigenvalue weighted by Gasteiger charge is -2.36. The number of nitro groups is 1. The molecule has 0 radical (unpaired) electrons. The van der Waals surface area contributed by atoms with Crippen LogP contribution in [0.4, 0.5) is 11.4 Å². The molecule has 2 heterocycles. The molecular weight excluding hydrogens is 338 g/mol. The summed E-state index contributed by atoms with van der Waals surface area (Å²) in [6, 6.07) is 11.8. The summed E-state index contributed by atoms with van der Waals surface area (Å²) < 4.78 is 10.7. The fourth-order valence-corrected chi connectivity index (χ4v) is 3.23. The minimum atomic E-state index is -0.518. The average molecular weight is 355 g/mol. The third-order valence-corrected chi connectivity index (χ3v) is 4.62. The molecule has 4 rings (SSSR count). The molecule has 0 bridgehead atoms. The fourth-order valence-electron chi connectivity index (χ4n) is 3.23. The number of nitro benzene ring substituents is 1. The van der Waals surface area contributed by atoms with E-state index in [0.29, 0.717) is 26.2 Å². The lowest BCUT2D eigenvalue weighted by molar-refractivity contribution is -0.385. The summed E-state index contributed by atoms with van der Waals surface area (Å²) in [5.41, 5.74) is 0.983. The second-order valence-corrected chi connectivity index (χ2v) is 6.09. The monoisotopic (exact) mass is 355 g/mol. The first-order valence-electron chi connectivity index (χ1n) is 8.31. The molecule has 1 fully saturated rings. The van der Waals surface area contributed by atoms with Crippen LogP contribution in [0.1, 0.15) is 10.4 Å². The number of nitrogens with zero attached hydrogens (tertiary/aromatic N) is 3. The third kappa shape index (κ3) is 2.90. The summed E-state index contributed by atoms with van der Waals surface area (Å²) in [6.45, 7) is 2.52. The Hall–Kier alpha value is -3.29. The van der Waals surface area contributed by atoms with Gasteiger partial charge >= 0.3 is 0 Å². The van der Waals surface area contributed by atoms with Gasteiger partial charge in [-0.1, -0.05) is 12.1 Å². The van der Waals surface area contributed by atoms with E-state index in [9.17, 15) is 14.9 Å². The first-order valence-corrected chi connectivity index (χ1v) is 8.31. The van der Waals surface area contributed by atoms with Gasteiger partial charge in [0.2, 0.25) is 6.79 Å². The van der Waals surface area contributed by atoms with E-state index < -0.39 is 4.92 Å². The summed E-state index contributed by atoms with van der Waals surface area (Å²) in [4.78, 5) is 27.1. The Morgan fingerprint density at radius 2 is 1.73 bits per heavy atom. The molecule has 0 aromatic heterocycles. The molecule has 8 heteroatoms. The SMILES string of the molecule is O=C(c1ccccc1[N+](=O)[O-])N1CCN(c2ccc3c(c2)OCO3)CC1. The topological polar surface area (TPSA) is 85.2 Å². The molecule has 0 saturated carbocycles. The van der Waals surface area contributed by atoms with Crippen molar-refractivity contribution in [3.8, 4) is 11.5 Å². The van der Waals surface area contributed by atoms with Crippen molar-refractivity contribution in [2.24, 2.45) is 0 Å². The number of hydrogen-bond donors (Lipinski definition) is 0. The molecule has 2 aromatic rings. The highest BCUT2D eigenvalue weighted by Gasteiger charge is 2.27. The van der Waals surface area contributed by atoms with E-state index in [1.807, 2.05) is 18.2 Å². The normalized spacial score (nSPS) is 15.8. The summed E-state index contributed by atoms with van der Waals surface area (Å²) in [7, 11) is 0. The molecule has 134 valence electrons. The highest BCUT2D eigenvalue weighted by Crippen LogP contribution is 2.35. The number of hydrogen-bond acceptors (Lipinski definition) is 6. The summed E-state index contributed by atoms with van der Waals surface area (Å²) in [5, 5.41) is 11.1. The van der Waals surface area contributed by atoms with Crippen LogP contribution in [0.25, 0.3) is 0 Å². The van der Waals surface area contributed by atoms with Gasteiger partial charge in [0, 0.05) is 44.0 Å². The summed E-state index contributed by atoms with van der Waals surface area (Å²) in [5.74, 6) is 1.16. The predicted octanol–water partition coefficient (Wildman–Crippen LogP) is 2.29. The minimum Gasteiger partial charge on any atom is -0.454 e. The van der Waals surface area contributed by atoms with Crippen molar-refractivity contribution in [1.29, 1.82) is 0 Å². The molecule has 0 unspecified atom stereocenters. The second-order valence-electron chi connectivity index (χ2n) is 6.09. The first kappa shape index (κ1) is 16.2. The van der Waals surface area contributed by atoms with E-state index in [-0.39, 0.29) is 24.0 Å². The number of amides is 1. The quantitative estimate of drug-likeness (QED) is 0.620. The van der Waals surface area contributed by atoms with Crippen LogP contribution >= 0.6 is 0 Å². The highest BCUT2D eigenvalue weighted by atomic mass is 16.7. The van der Waals surface area contributed by atoms with Crippen LogP contribution in [-0.2, 0) is 0 Å². The number of piperazine rings is 1. The Morgan fingerprint density at radius 3 is 2.50 bits per heavy atom. The van der Waals surface area contributed by atoms with E-state index >= 15 is 0 Å². The maximum Gasteiger partial charge on any atom is 0.282 e. The van der Waals surface area contributed by atoms with Crippen LogP contribution in [0.15, 0.2) is 42.5 Å². The highest BCUT2D eigenvalue weighted by molar-refractivity contribution is 5.98. The van der Waals surface area contributed by atoms with Crippen LogP contribution in [0, 0.1) is 10.1 Å². The molecular formula is C18H17N3O5. The molecule has 2 aliphatic heterocycles. The maximum absolute atomic E-state index is 12.7. The summed E-state index contributed by atoms with van der Waals surface area (Å²) in [6.07, 6.45) is 0. The van der Waals surface area contributed by atoms with Crippen molar-refractivity contribution in [3.05, 3.63) is 58.1 Å². The maximum atomic E-state index is 12.7. The van der Waals surface area contributed by atoms with Crippen molar-refractivity contribution in [2.45, 2.75) is 0 Å². The molecule has 1 amide bonds. The van der Waals surface area contributed by atoms with Crippen molar-refractivity contribution < 1.29 is 19.2 Å². The molecule has 0 aliphatic carbocycles.